The summed E-state index contributed by atoms with van der Waals surface area (Å²) in [6.45, 7) is 2.51. The van der Waals surface area contributed by atoms with E-state index in [0.29, 0.717) is 29.1 Å². The molecule has 15 nitrogen and oxygen atoms in total. The van der Waals surface area contributed by atoms with Gasteiger partial charge in [-0.05, 0) is 48.7 Å². The molecule has 0 unspecified atom stereocenters. The van der Waals surface area contributed by atoms with Crippen LogP contribution in [0, 0.1) is 11.6 Å². The summed E-state index contributed by atoms with van der Waals surface area (Å²) in [5, 5.41) is 8.67. The number of anilines is 2. The number of hydrogen-bond acceptors (Lipinski definition) is 10. The van der Waals surface area contributed by atoms with Gasteiger partial charge in [-0.15, -0.1) is 0 Å². The van der Waals surface area contributed by atoms with Gasteiger partial charge < -0.3 is 37.9 Å². The highest BCUT2D eigenvalue weighted by molar-refractivity contribution is 5.96. The number of rotatable bonds is 14. The number of nitrogens with zero attached hydrogens (tertiary/aromatic N) is 6. The minimum Gasteiger partial charge on any atom is -0.436 e. The molecule has 0 aliphatic heterocycles. The molecule has 0 aliphatic carbocycles. The largest absolute Gasteiger partial charge is 0.436 e. The van der Waals surface area contributed by atoms with Crippen LogP contribution in [0.3, 0.4) is 0 Å². The van der Waals surface area contributed by atoms with Crippen LogP contribution in [0.1, 0.15) is 29.3 Å². The summed E-state index contributed by atoms with van der Waals surface area (Å²) in [5.74, 6) is -2.97. The first-order valence-electron chi connectivity index (χ1n) is 15.2. The van der Waals surface area contributed by atoms with E-state index < -0.39 is 17.7 Å². The van der Waals surface area contributed by atoms with Gasteiger partial charge in [0.2, 0.25) is 17.6 Å². The van der Waals surface area contributed by atoms with E-state index in [0.717, 1.165) is 5.56 Å². The van der Waals surface area contributed by atoms with Gasteiger partial charge in [-0.25, -0.2) is 24.3 Å². The molecule has 0 radical (unpaired) electrons. The minimum atomic E-state index is -1.18. The van der Waals surface area contributed by atoms with Crippen molar-refractivity contribution in [1.82, 2.24) is 35.0 Å². The molecular weight excluding hydrogens is 638 g/mol. The average Bonchev–Trinajstić information content (AvgIpc) is 3.53. The molecule has 3 heterocycles. The fourth-order valence-electron chi connectivity index (χ4n) is 4.84. The molecule has 9 N–H and O–H groups in total. The molecule has 0 saturated carbocycles. The molecule has 3 aromatic heterocycles. The van der Waals surface area contributed by atoms with Gasteiger partial charge in [-0.3, -0.25) is 19.0 Å². The third-order valence-corrected chi connectivity index (χ3v) is 7.29. The lowest BCUT2D eigenvalue weighted by Crippen LogP contribution is -2.44. The Labute approximate surface area is 279 Å². The topological polar surface area (TPSA) is 226 Å². The lowest BCUT2D eigenvalue weighted by atomic mass is 10.0. The zero-order chi connectivity index (χ0) is 34.9. The number of imidazole rings is 1. The first-order chi connectivity index (χ1) is 23.7. The highest BCUT2D eigenvalue weighted by Crippen LogP contribution is 2.33. The number of nitrogens with one attached hydrogen (secondary N) is 3. The Hall–Kier alpha value is -6.23. The standard InChI is InChI=1S/C32H34F2N12O3/c1-2-18-15-19(3-4-20(18)30(47)40-11-12-41-31(48)22(35)7-10-42-32(36)37)45-28-29-43-16-23(46(29)14-13-39-28)21-5-6-24(27(34)26(21)33)49-25-8-9-38-17-44-25/h3-6,8-9,13-17,22H,2,7,10-12,35H2,1H3,(H,39,45)(H,40,47)(H,41,48)(H4,36,37,42)/t22-/m1/s1. The number of hydrogen-bond donors (Lipinski definition) is 6. The Kier molecular flexibility index (Phi) is 10.8. The molecule has 5 rings (SSSR count). The quantitative estimate of drug-likeness (QED) is 0.0570. The summed E-state index contributed by atoms with van der Waals surface area (Å²) >= 11 is 0. The number of carbonyl (C=O) groups is 2. The van der Waals surface area contributed by atoms with Crippen LogP contribution in [0.15, 0.2) is 72.5 Å². The van der Waals surface area contributed by atoms with Crippen molar-refractivity contribution >= 4 is 34.9 Å². The number of ether oxygens (including phenoxy) is 1. The lowest BCUT2D eigenvalue weighted by molar-refractivity contribution is -0.122. The molecule has 2 aromatic carbocycles. The fourth-order valence-corrected chi connectivity index (χ4v) is 4.84. The molecule has 5 aromatic rings. The first-order valence-corrected chi connectivity index (χ1v) is 15.2. The summed E-state index contributed by atoms with van der Waals surface area (Å²) in [6.07, 6.45) is 7.97. The Morgan fingerprint density at radius 3 is 2.59 bits per heavy atom. The number of aliphatic imine (C=N–C) groups is 1. The summed E-state index contributed by atoms with van der Waals surface area (Å²) in [7, 11) is 0. The van der Waals surface area contributed by atoms with Crippen LogP contribution >= 0.6 is 0 Å². The van der Waals surface area contributed by atoms with Gasteiger partial charge in [0.15, 0.2) is 29.0 Å². The number of aromatic nitrogens is 5. The van der Waals surface area contributed by atoms with E-state index in [1.54, 1.807) is 22.7 Å². The maximum atomic E-state index is 15.3. The van der Waals surface area contributed by atoms with Crippen LogP contribution in [0.2, 0.25) is 0 Å². The smallest absolute Gasteiger partial charge is 0.251 e. The normalized spacial score (nSPS) is 11.5. The number of nitrogens with two attached hydrogens (primary N) is 3. The molecule has 254 valence electrons. The van der Waals surface area contributed by atoms with Crippen molar-refractivity contribution in [3.63, 3.8) is 0 Å². The summed E-state index contributed by atoms with van der Waals surface area (Å²) < 4.78 is 37.3. The Morgan fingerprint density at radius 1 is 1.02 bits per heavy atom. The zero-order valence-electron chi connectivity index (χ0n) is 26.4. The van der Waals surface area contributed by atoms with E-state index in [-0.39, 0.29) is 66.7 Å². The minimum absolute atomic E-state index is 0.0360. The SMILES string of the molecule is CCc1cc(Nc2nccn3c(-c4ccc(Oc5ccncn5)c(F)c4F)cnc23)ccc1C(=O)NCCNC(=O)[C@H](N)CCN=C(N)N. The van der Waals surface area contributed by atoms with Gasteiger partial charge >= 0.3 is 0 Å². The van der Waals surface area contributed by atoms with Crippen LogP contribution in [0.5, 0.6) is 11.6 Å². The van der Waals surface area contributed by atoms with Gasteiger partial charge in [-0.2, -0.15) is 4.39 Å². The summed E-state index contributed by atoms with van der Waals surface area (Å²) in [4.78, 5) is 45.3. The van der Waals surface area contributed by atoms with Crippen LogP contribution < -0.4 is 37.9 Å². The molecule has 2 amide bonds. The second-order valence-electron chi connectivity index (χ2n) is 10.6. The lowest BCUT2D eigenvalue weighted by Gasteiger charge is -2.14. The van der Waals surface area contributed by atoms with E-state index in [1.807, 2.05) is 13.0 Å². The molecule has 1 atom stereocenters. The predicted octanol–water partition coefficient (Wildman–Crippen LogP) is 2.40. The van der Waals surface area contributed by atoms with Crippen molar-refractivity contribution in [3.05, 3.63) is 90.3 Å². The average molecular weight is 673 g/mol. The summed E-state index contributed by atoms with van der Waals surface area (Å²) in [6, 6.07) is 8.54. The number of amides is 2. The van der Waals surface area contributed by atoms with E-state index in [9.17, 15) is 9.59 Å². The molecule has 0 spiro atoms. The van der Waals surface area contributed by atoms with Gasteiger partial charge in [0, 0.05) is 61.1 Å². The third-order valence-electron chi connectivity index (χ3n) is 7.29. The monoisotopic (exact) mass is 672 g/mol. The molecule has 0 bridgehead atoms. The predicted molar refractivity (Wildman–Crippen MR) is 178 cm³/mol. The van der Waals surface area contributed by atoms with Gasteiger partial charge in [0.25, 0.3) is 5.91 Å². The van der Waals surface area contributed by atoms with Crippen molar-refractivity contribution in [3.8, 4) is 22.9 Å². The van der Waals surface area contributed by atoms with Gasteiger partial charge in [0.05, 0.1) is 17.9 Å². The van der Waals surface area contributed by atoms with Gasteiger partial charge in [-0.1, -0.05) is 6.92 Å². The Morgan fingerprint density at radius 2 is 1.84 bits per heavy atom. The van der Waals surface area contributed by atoms with Crippen molar-refractivity contribution < 1.29 is 23.1 Å². The maximum Gasteiger partial charge on any atom is 0.251 e. The van der Waals surface area contributed by atoms with Crippen LogP contribution in [-0.2, 0) is 11.2 Å². The molecule has 49 heavy (non-hydrogen) atoms. The highest BCUT2D eigenvalue weighted by Gasteiger charge is 2.21. The number of benzene rings is 2. The number of aryl methyl sites for hydroxylation is 1. The van der Waals surface area contributed by atoms with Crippen LogP contribution in [0.4, 0.5) is 20.3 Å². The maximum absolute atomic E-state index is 15.3. The van der Waals surface area contributed by atoms with Crippen molar-refractivity contribution in [2.75, 3.05) is 25.0 Å². The molecule has 0 saturated heterocycles. The molecule has 0 fully saturated rings. The van der Waals surface area contributed by atoms with Gasteiger partial charge in [0.1, 0.15) is 6.33 Å². The van der Waals surface area contributed by atoms with Crippen LogP contribution in [0.25, 0.3) is 16.9 Å². The Bertz CT molecular complexity index is 1980. The van der Waals surface area contributed by atoms with Crippen LogP contribution in [-0.4, -0.2) is 67.8 Å². The number of halogens is 2. The second kappa shape index (κ2) is 15.6. The van der Waals surface area contributed by atoms with Crippen molar-refractivity contribution in [1.29, 1.82) is 0 Å². The summed E-state index contributed by atoms with van der Waals surface area (Å²) in [5.41, 5.74) is 18.8. The third kappa shape index (κ3) is 8.20. The number of carbonyl (C=O) groups excluding carboxylic acids is 2. The van der Waals surface area contributed by atoms with E-state index in [2.05, 4.69) is 40.9 Å². The fraction of sp³-hybridized carbons (Fsp3) is 0.219. The Balaban J connectivity index is 1.24. The highest BCUT2D eigenvalue weighted by atomic mass is 19.2. The van der Waals surface area contributed by atoms with E-state index in [4.69, 9.17) is 21.9 Å². The van der Waals surface area contributed by atoms with Crippen molar-refractivity contribution in [2.45, 2.75) is 25.8 Å². The molecular formula is C32H34F2N12O3. The van der Waals surface area contributed by atoms with E-state index >= 15 is 8.78 Å². The van der Waals surface area contributed by atoms with E-state index in [1.165, 1.54) is 43.1 Å². The number of guanidine groups is 1. The second-order valence-corrected chi connectivity index (χ2v) is 10.6. The van der Waals surface area contributed by atoms with Crippen molar-refractivity contribution in [2.24, 2.45) is 22.2 Å². The number of fused-ring (bicyclic) bond motifs is 1. The zero-order valence-corrected chi connectivity index (χ0v) is 26.4. The first kappa shape index (κ1) is 34.1. The molecule has 0 aliphatic rings. The molecule has 17 heteroatoms.